The molecule has 3 heterocycles. The zero-order chi connectivity index (χ0) is 20.0. The van der Waals surface area contributed by atoms with E-state index < -0.39 is 5.97 Å². The summed E-state index contributed by atoms with van der Waals surface area (Å²) in [4.78, 5) is 39.5. The van der Waals surface area contributed by atoms with E-state index >= 15 is 0 Å². The summed E-state index contributed by atoms with van der Waals surface area (Å²) in [5.41, 5.74) is 3.51. The molecule has 1 N–H and O–H groups in total. The molecular weight excluding hydrogens is 394 g/mol. The zero-order valence-corrected chi connectivity index (χ0v) is 17.8. The molecule has 1 aliphatic rings. The minimum absolute atomic E-state index is 0.0561. The number of Topliss-reactive ketones (excluding diaryl/α,β-unsaturated/α-hetero) is 1. The van der Waals surface area contributed by atoms with Crippen molar-refractivity contribution in [3.05, 3.63) is 39.3 Å². The highest BCUT2D eigenvalue weighted by atomic mass is 32.2. The number of aromatic amines is 1. The van der Waals surface area contributed by atoms with E-state index in [1.54, 1.807) is 31.5 Å². The fourth-order valence-corrected chi connectivity index (χ4v) is 6.12. The highest BCUT2D eigenvalue weighted by molar-refractivity contribution is 8.00. The van der Waals surface area contributed by atoms with E-state index in [9.17, 15) is 9.59 Å². The quantitative estimate of drug-likeness (QED) is 0.290. The molecule has 146 valence electrons. The maximum absolute atomic E-state index is 13.1. The smallest absolute Gasteiger partial charge is 0.339 e. The van der Waals surface area contributed by atoms with Crippen molar-refractivity contribution in [1.82, 2.24) is 15.0 Å². The molecule has 3 aromatic rings. The molecule has 28 heavy (non-hydrogen) atoms. The summed E-state index contributed by atoms with van der Waals surface area (Å²) in [7, 11) is 1.34. The number of hydrogen-bond donors (Lipinski definition) is 1. The van der Waals surface area contributed by atoms with Gasteiger partial charge in [0.2, 0.25) is 0 Å². The number of H-pyrrole nitrogens is 1. The number of nitrogens with one attached hydrogen (secondary N) is 1. The Labute approximate surface area is 171 Å². The summed E-state index contributed by atoms with van der Waals surface area (Å²) in [5.74, 6) is -0.489. The highest BCUT2D eigenvalue weighted by Gasteiger charge is 2.28. The Morgan fingerprint density at radius 3 is 2.82 bits per heavy atom. The van der Waals surface area contributed by atoms with Crippen LogP contribution < -0.4 is 0 Å². The Hall–Kier alpha value is -2.19. The van der Waals surface area contributed by atoms with Gasteiger partial charge in [-0.2, -0.15) is 0 Å². The van der Waals surface area contributed by atoms with Crippen molar-refractivity contribution >= 4 is 45.1 Å². The van der Waals surface area contributed by atoms with E-state index in [2.05, 4.69) is 15.0 Å². The number of esters is 1. The van der Waals surface area contributed by atoms with Crippen LogP contribution in [0.4, 0.5) is 0 Å². The molecule has 1 unspecified atom stereocenters. The SMILES string of the molecule is COC(=O)c1c(C)[nH]c(C(=O)C(C)Sc2ncnc3sc4c(c23)CCC4)c1C. The number of aryl methyl sites for hydroxylation is 3. The first-order chi connectivity index (χ1) is 13.4. The number of hydrogen-bond acceptors (Lipinski definition) is 7. The molecule has 1 atom stereocenters. The lowest BCUT2D eigenvalue weighted by atomic mass is 10.1. The molecule has 8 heteroatoms. The molecule has 0 saturated carbocycles. The zero-order valence-electron chi connectivity index (χ0n) is 16.2. The molecule has 0 radical (unpaired) electrons. The van der Waals surface area contributed by atoms with Crippen LogP contribution in [0.1, 0.15) is 55.9 Å². The van der Waals surface area contributed by atoms with Gasteiger partial charge in [-0.15, -0.1) is 11.3 Å². The van der Waals surface area contributed by atoms with Crippen LogP contribution >= 0.6 is 23.1 Å². The van der Waals surface area contributed by atoms with Gasteiger partial charge in [-0.3, -0.25) is 4.79 Å². The number of thiophene rings is 1. The highest BCUT2D eigenvalue weighted by Crippen LogP contribution is 2.41. The number of ether oxygens (including phenoxy) is 1. The fraction of sp³-hybridized carbons (Fsp3) is 0.400. The second-order valence-electron chi connectivity index (χ2n) is 6.96. The summed E-state index contributed by atoms with van der Waals surface area (Å²) in [6, 6.07) is 0. The van der Waals surface area contributed by atoms with E-state index in [0.717, 1.165) is 28.1 Å². The number of aromatic nitrogens is 3. The maximum Gasteiger partial charge on any atom is 0.339 e. The Kier molecular flexibility index (Phi) is 5.01. The van der Waals surface area contributed by atoms with Crippen molar-refractivity contribution in [2.75, 3.05) is 7.11 Å². The van der Waals surface area contributed by atoms with Crippen LogP contribution in [0.3, 0.4) is 0 Å². The summed E-state index contributed by atoms with van der Waals surface area (Å²) in [5, 5.41) is 1.62. The second kappa shape index (κ2) is 7.33. The first kappa shape index (κ1) is 19.1. The molecule has 1 aliphatic carbocycles. The second-order valence-corrected chi connectivity index (χ2v) is 9.37. The van der Waals surface area contributed by atoms with E-state index in [0.29, 0.717) is 22.5 Å². The van der Waals surface area contributed by atoms with Gasteiger partial charge in [0, 0.05) is 16.0 Å². The van der Waals surface area contributed by atoms with Gasteiger partial charge in [-0.1, -0.05) is 11.8 Å². The average molecular weight is 416 g/mol. The molecule has 0 saturated heterocycles. The van der Waals surface area contributed by atoms with Crippen LogP contribution in [0, 0.1) is 13.8 Å². The molecular formula is C20H21N3O3S2. The van der Waals surface area contributed by atoms with Crippen molar-refractivity contribution in [1.29, 1.82) is 0 Å². The molecule has 6 nitrogen and oxygen atoms in total. The number of ketones is 1. The molecule has 0 aliphatic heterocycles. The molecule has 4 rings (SSSR count). The van der Waals surface area contributed by atoms with Crippen LogP contribution in [0.5, 0.6) is 0 Å². The predicted octanol–water partition coefficient (Wildman–Crippen LogP) is 4.28. The Bertz CT molecular complexity index is 1100. The lowest BCUT2D eigenvalue weighted by molar-refractivity contribution is 0.0599. The normalized spacial score (nSPS) is 14.3. The van der Waals surface area contributed by atoms with Crippen LogP contribution in [0.25, 0.3) is 10.2 Å². The number of thioether (sulfide) groups is 1. The van der Waals surface area contributed by atoms with Crippen molar-refractivity contribution < 1.29 is 14.3 Å². The van der Waals surface area contributed by atoms with Crippen LogP contribution in [-0.2, 0) is 17.6 Å². The van der Waals surface area contributed by atoms with Gasteiger partial charge in [0.1, 0.15) is 16.2 Å². The Balaban J connectivity index is 1.65. The standard InChI is InChI=1S/C20H21N3O3S2/c1-9-14(20(25)26-4)10(2)23-16(9)17(24)11(3)27-18-15-12-6-5-7-13(12)28-19(15)22-8-21-18/h8,11,23H,5-7H2,1-4H3. The maximum atomic E-state index is 13.1. The molecule has 3 aromatic heterocycles. The summed E-state index contributed by atoms with van der Waals surface area (Å²) < 4.78 is 4.84. The van der Waals surface area contributed by atoms with E-state index in [1.807, 2.05) is 6.92 Å². The van der Waals surface area contributed by atoms with Crippen LogP contribution in [0.2, 0.25) is 0 Å². The van der Waals surface area contributed by atoms with Gasteiger partial charge in [-0.25, -0.2) is 14.8 Å². The molecule has 0 fully saturated rings. The largest absolute Gasteiger partial charge is 0.465 e. The third-order valence-corrected chi connectivity index (χ3v) is 7.50. The lowest BCUT2D eigenvalue weighted by Gasteiger charge is -2.11. The van der Waals surface area contributed by atoms with Gasteiger partial charge in [-0.05, 0) is 51.2 Å². The minimum Gasteiger partial charge on any atom is -0.465 e. The first-order valence-electron chi connectivity index (χ1n) is 9.16. The monoisotopic (exact) mass is 415 g/mol. The number of nitrogens with zero attached hydrogens (tertiary/aromatic N) is 2. The number of carbonyl (C=O) groups is 2. The van der Waals surface area contributed by atoms with Crippen molar-refractivity contribution in [3.8, 4) is 0 Å². The van der Waals surface area contributed by atoms with Gasteiger partial charge in [0.05, 0.1) is 23.6 Å². The van der Waals surface area contributed by atoms with Gasteiger partial charge >= 0.3 is 5.97 Å². The predicted molar refractivity (Wildman–Crippen MR) is 111 cm³/mol. The third kappa shape index (κ3) is 3.04. The molecule has 0 spiro atoms. The minimum atomic E-state index is -0.433. The van der Waals surface area contributed by atoms with Gasteiger partial charge in [0.15, 0.2) is 5.78 Å². The number of methoxy groups -OCH3 is 1. The van der Waals surface area contributed by atoms with Crippen LogP contribution in [0.15, 0.2) is 11.4 Å². The van der Waals surface area contributed by atoms with Crippen LogP contribution in [-0.4, -0.2) is 39.1 Å². The topological polar surface area (TPSA) is 84.9 Å². The van der Waals surface area contributed by atoms with Crippen molar-refractivity contribution in [3.63, 3.8) is 0 Å². The van der Waals surface area contributed by atoms with Gasteiger partial charge in [0.25, 0.3) is 0 Å². The molecule has 0 bridgehead atoms. The fourth-order valence-electron chi connectivity index (χ4n) is 3.82. The number of rotatable bonds is 5. The molecule has 0 amide bonds. The van der Waals surface area contributed by atoms with E-state index in [4.69, 9.17) is 4.74 Å². The Morgan fingerprint density at radius 2 is 2.07 bits per heavy atom. The summed E-state index contributed by atoms with van der Waals surface area (Å²) in [6.07, 6.45) is 4.90. The van der Waals surface area contributed by atoms with Gasteiger partial charge < -0.3 is 9.72 Å². The Morgan fingerprint density at radius 1 is 1.29 bits per heavy atom. The summed E-state index contributed by atoms with van der Waals surface area (Å²) in [6.45, 7) is 5.42. The number of carbonyl (C=O) groups excluding carboxylic acids is 2. The summed E-state index contributed by atoms with van der Waals surface area (Å²) >= 11 is 3.19. The van der Waals surface area contributed by atoms with Crippen molar-refractivity contribution in [2.24, 2.45) is 0 Å². The third-order valence-electron chi connectivity index (χ3n) is 5.20. The first-order valence-corrected chi connectivity index (χ1v) is 10.9. The number of fused-ring (bicyclic) bond motifs is 3. The molecule has 0 aromatic carbocycles. The average Bonchev–Trinajstić information content (AvgIpc) is 3.33. The van der Waals surface area contributed by atoms with Crippen molar-refractivity contribution in [2.45, 2.75) is 50.3 Å². The van der Waals surface area contributed by atoms with E-state index in [-0.39, 0.29) is 11.0 Å². The lowest BCUT2D eigenvalue weighted by Crippen LogP contribution is -2.16. The van der Waals surface area contributed by atoms with E-state index in [1.165, 1.54) is 35.7 Å².